The maximum absolute atomic E-state index is 13.7. The number of non-ortho nitro benzene ring substituents is 1. The number of carbonyl (C=O) groups excluding carboxylic acids is 5. The van der Waals surface area contributed by atoms with Crippen LogP contribution in [-0.2, 0) is 9.59 Å². The molecule has 0 saturated carbocycles. The predicted octanol–water partition coefficient (Wildman–Crippen LogP) is 4.25. The molecule has 2 aliphatic rings. The average Bonchev–Trinajstić information content (AvgIpc) is 3.26. The van der Waals surface area contributed by atoms with Crippen LogP contribution in [0.5, 0.6) is 5.75 Å². The zero-order chi connectivity index (χ0) is 30.0. The smallest absolute Gasteiger partial charge is 0.343 e. The molecule has 3 aromatic carbocycles. The maximum Gasteiger partial charge on any atom is 0.343 e. The molecule has 5 rings (SSSR count). The number of ether oxygens (including phenoxy) is 1. The Morgan fingerprint density at radius 2 is 1.55 bits per heavy atom. The Balaban J connectivity index is 1.40. The molecule has 1 aliphatic carbocycles. The Morgan fingerprint density at radius 1 is 0.905 bits per heavy atom. The zero-order valence-corrected chi connectivity index (χ0v) is 22.4. The van der Waals surface area contributed by atoms with Crippen LogP contribution in [-0.4, -0.2) is 51.0 Å². The maximum atomic E-state index is 13.7. The van der Waals surface area contributed by atoms with Crippen LogP contribution in [0.2, 0.25) is 0 Å². The summed E-state index contributed by atoms with van der Waals surface area (Å²) in [6.07, 6.45) is 3.99. The molecule has 3 atom stereocenters. The van der Waals surface area contributed by atoms with E-state index in [1.54, 1.807) is 30.3 Å². The molecule has 0 spiro atoms. The normalized spacial score (nSPS) is 19.3. The highest BCUT2D eigenvalue weighted by atomic mass is 16.6. The average molecular weight is 568 g/mol. The van der Waals surface area contributed by atoms with E-state index >= 15 is 0 Å². The first-order valence-electron chi connectivity index (χ1n) is 13.2. The van der Waals surface area contributed by atoms with E-state index in [1.807, 2.05) is 19.1 Å². The molecule has 1 fully saturated rings. The van der Waals surface area contributed by atoms with Crippen molar-refractivity contribution in [2.75, 3.05) is 6.54 Å². The fourth-order valence-electron chi connectivity index (χ4n) is 5.15. The number of Topliss-reactive ketones (excluding diaryl/α,β-unsaturated/α-hetero) is 1. The molecule has 3 amide bonds. The summed E-state index contributed by atoms with van der Waals surface area (Å²) >= 11 is 0. The van der Waals surface area contributed by atoms with Crippen LogP contribution in [0.25, 0.3) is 0 Å². The summed E-state index contributed by atoms with van der Waals surface area (Å²) in [6.45, 7) is 1.15. The van der Waals surface area contributed by atoms with Gasteiger partial charge in [-0.1, -0.05) is 37.3 Å². The third kappa shape index (κ3) is 5.44. The summed E-state index contributed by atoms with van der Waals surface area (Å²) in [7, 11) is 0. The van der Waals surface area contributed by atoms with Crippen molar-refractivity contribution in [1.29, 1.82) is 0 Å². The van der Waals surface area contributed by atoms with Crippen LogP contribution in [0.1, 0.15) is 44.4 Å². The molecule has 0 radical (unpaired) electrons. The third-order valence-electron chi connectivity index (χ3n) is 7.34. The topological polar surface area (TPSA) is 144 Å². The number of hydrogen-bond donors (Lipinski definition) is 0. The Kier molecular flexibility index (Phi) is 7.74. The van der Waals surface area contributed by atoms with E-state index in [0.717, 1.165) is 22.2 Å². The van der Waals surface area contributed by atoms with Crippen molar-refractivity contribution < 1.29 is 33.6 Å². The van der Waals surface area contributed by atoms with Gasteiger partial charge in [-0.05, 0) is 60.9 Å². The summed E-state index contributed by atoms with van der Waals surface area (Å²) in [5.41, 5.74) is 0.199. The Hall–Kier alpha value is -5.45. The number of nitro groups is 1. The number of hydrogen-bond acceptors (Lipinski definition) is 8. The highest BCUT2D eigenvalue weighted by Gasteiger charge is 2.53. The fraction of sp³-hybridized carbons (Fsp3) is 0.194. The lowest BCUT2D eigenvalue weighted by Crippen LogP contribution is -2.52. The standard InChI is InChI=1S/C31H25N3O8/c1-19-6-5-9-25-27(19)30(38)33(29(25)37)32(28(36)21-10-14-23(15-11-21)34(40)41)18-26(35)20-12-16-24(17-13-20)42-31(39)22-7-3-2-4-8-22/h2-8,10-17,19,25,27H,9,18H2,1H3/t19-,25-,27+/m1/s1. The largest absolute Gasteiger partial charge is 0.423 e. The van der Waals surface area contributed by atoms with Crippen molar-refractivity contribution in [2.24, 2.45) is 17.8 Å². The van der Waals surface area contributed by atoms with E-state index < -0.39 is 52.8 Å². The monoisotopic (exact) mass is 567 g/mol. The van der Waals surface area contributed by atoms with E-state index in [-0.39, 0.29) is 28.5 Å². The van der Waals surface area contributed by atoms with E-state index in [2.05, 4.69) is 0 Å². The van der Waals surface area contributed by atoms with Gasteiger partial charge in [-0.2, -0.15) is 5.01 Å². The van der Waals surface area contributed by atoms with Gasteiger partial charge in [-0.25, -0.2) is 9.80 Å². The van der Waals surface area contributed by atoms with Gasteiger partial charge < -0.3 is 4.74 Å². The van der Waals surface area contributed by atoms with Crippen LogP contribution >= 0.6 is 0 Å². The molecule has 11 nitrogen and oxygen atoms in total. The van der Waals surface area contributed by atoms with Crippen molar-refractivity contribution in [3.8, 4) is 5.75 Å². The Labute approximate surface area is 240 Å². The first kappa shape index (κ1) is 28.1. The number of fused-ring (bicyclic) bond motifs is 1. The number of imide groups is 1. The number of ketones is 1. The van der Waals surface area contributed by atoms with Gasteiger partial charge in [-0.15, -0.1) is 0 Å². The number of rotatable bonds is 8. The highest BCUT2D eigenvalue weighted by molar-refractivity contribution is 6.10. The number of nitro benzene ring substituents is 1. The van der Waals surface area contributed by atoms with E-state index in [9.17, 15) is 34.1 Å². The lowest BCUT2D eigenvalue weighted by atomic mass is 9.78. The minimum atomic E-state index is -0.840. The molecule has 0 N–H and O–H groups in total. The van der Waals surface area contributed by atoms with Crippen molar-refractivity contribution in [2.45, 2.75) is 13.3 Å². The molecule has 3 aromatic rings. The summed E-state index contributed by atoms with van der Waals surface area (Å²) < 4.78 is 5.35. The van der Waals surface area contributed by atoms with Gasteiger partial charge in [0.25, 0.3) is 23.4 Å². The molecule has 212 valence electrons. The number of allylic oxidation sites excluding steroid dienone is 2. The summed E-state index contributed by atoms with van der Waals surface area (Å²) in [4.78, 5) is 76.8. The molecule has 0 aromatic heterocycles. The predicted molar refractivity (Wildman–Crippen MR) is 148 cm³/mol. The van der Waals surface area contributed by atoms with Gasteiger partial charge in [0.15, 0.2) is 5.78 Å². The minimum Gasteiger partial charge on any atom is -0.423 e. The van der Waals surface area contributed by atoms with Crippen LogP contribution in [0, 0.1) is 27.9 Å². The summed E-state index contributed by atoms with van der Waals surface area (Å²) in [6, 6.07) is 18.7. The SMILES string of the molecule is C[C@@H]1C=CC[C@H]2C(=O)N(N(CC(=O)c3ccc(OC(=O)c4ccccc4)cc3)C(=O)c3ccc([N+](=O)[O-])cc3)C(=O)[C@@H]12. The number of esters is 1. The Morgan fingerprint density at radius 3 is 2.17 bits per heavy atom. The molecular weight excluding hydrogens is 542 g/mol. The second-order valence-corrected chi connectivity index (χ2v) is 10.0. The van der Waals surface area contributed by atoms with Gasteiger partial charge >= 0.3 is 5.97 Å². The van der Waals surface area contributed by atoms with Gasteiger partial charge in [0, 0.05) is 23.3 Å². The quantitative estimate of drug-likeness (QED) is 0.0747. The number of carbonyl (C=O) groups is 5. The number of nitrogens with zero attached hydrogens (tertiary/aromatic N) is 3. The molecule has 0 unspecified atom stereocenters. The molecule has 42 heavy (non-hydrogen) atoms. The Bertz CT molecular complexity index is 1600. The number of amides is 3. The van der Waals surface area contributed by atoms with Crippen molar-refractivity contribution >= 4 is 35.2 Å². The van der Waals surface area contributed by atoms with Crippen molar-refractivity contribution in [3.05, 3.63) is 118 Å². The van der Waals surface area contributed by atoms with Crippen LogP contribution in [0.3, 0.4) is 0 Å². The van der Waals surface area contributed by atoms with E-state index in [1.165, 1.54) is 36.4 Å². The van der Waals surface area contributed by atoms with Crippen molar-refractivity contribution in [1.82, 2.24) is 10.0 Å². The number of benzene rings is 3. The first-order valence-corrected chi connectivity index (χ1v) is 13.2. The third-order valence-corrected chi connectivity index (χ3v) is 7.34. The van der Waals surface area contributed by atoms with E-state index in [4.69, 9.17) is 4.74 Å². The number of hydrazine groups is 1. The van der Waals surface area contributed by atoms with Gasteiger partial charge in [-0.3, -0.25) is 29.3 Å². The highest BCUT2D eigenvalue weighted by Crippen LogP contribution is 2.39. The lowest BCUT2D eigenvalue weighted by molar-refractivity contribution is -0.384. The van der Waals surface area contributed by atoms with Crippen molar-refractivity contribution in [3.63, 3.8) is 0 Å². The van der Waals surface area contributed by atoms with E-state index in [0.29, 0.717) is 12.0 Å². The molecule has 1 aliphatic heterocycles. The van der Waals surface area contributed by atoms with Gasteiger partial charge in [0.1, 0.15) is 12.3 Å². The zero-order valence-electron chi connectivity index (χ0n) is 22.4. The molecule has 0 bridgehead atoms. The minimum absolute atomic E-state index is 0.0433. The van der Waals surface area contributed by atoms with Crippen LogP contribution in [0.15, 0.2) is 91.0 Å². The second-order valence-electron chi connectivity index (χ2n) is 10.0. The molecule has 1 heterocycles. The first-order chi connectivity index (χ1) is 20.2. The summed E-state index contributed by atoms with van der Waals surface area (Å²) in [5, 5.41) is 12.6. The van der Waals surface area contributed by atoms with Gasteiger partial charge in [0.05, 0.1) is 22.3 Å². The summed E-state index contributed by atoms with van der Waals surface area (Å²) in [5.74, 6) is -4.59. The van der Waals surface area contributed by atoms with Gasteiger partial charge in [0.2, 0.25) is 0 Å². The molecule has 11 heteroatoms. The molecular formula is C31H25N3O8. The molecule has 1 saturated heterocycles. The second kappa shape index (κ2) is 11.6. The van der Waals surface area contributed by atoms with Crippen LogP contribution in [0.4, 0.5) is 5.69 Å². The fourth-order valence-corrected chi connectivity index (χ4v) is 5.15. The lowest BCUT2D eigenvalue weighted by Gasteiger charge is -2.30. The van der Waals surface area contributed by atoms with Crippen LogP contribution < -0.4 is 4.74 Å².